The van der Waals surface area contributed by atoms with Crippen LogP contribution in [0.15, 0.2) is 36.8 Å². The molecule has 0 aliphatic heterocycles. The third kappa shape index (κ3) is 4.32. The molecule has 6 nitrogen and oxygen atoms in total. The Balaban J connectivity index is 1.92. The maximum Gasteiger partial charge on any atom is 0.271 e. The van der Waals surface area contributed by atoms with Gasteiger partial charge in [0.1, 0.15) is 11.4 Å². The minimum atomic E-state index is -0.201. The summed E-state index contributed by atoms with van der Waals surface area (Å²) < 4.78 is 7.22. The van der Waals surface area contributed by atoms with E-state index in [1.54, 1.807) is 17.1 Å². The molecule has 1 heterocycles. The van der Waals surface area contributed by atoms with Gasteiger partial charge in [0.05, 0.1) is 12.9 Å². The van der Waals surface area contributed by atoms with Crippen LogP contribution in [0.3, 0.4) is 0 Å². The van der Waals surface area contributed by atoms with Crippen molar-refractivity contribution in [2.24, 2.45) is 5.73 Å². The van der Waals surface area contributed by atoms with E-state index < -0.39 is 0 Å². The molecule has 1 aromatic heterocycles. The number of carbonyl (C=O) groups is 1. The van der Waals surface area contributed by atoms with E-state index >= 15 is 0 Å². The summed E-state index contributed by atoms with van der Waals surface area (Å²) in [7, 11) is 0. The highest BCUT2D eigenvalue weighted by Crippen LogP contribution is 2.13. The summed E-state index contributed by atoms with van der Waals surface area (Å²) in [5.41, 5.74) is 6.83. The Morgan fingerprint density at radius 2 is 2.33 bits per heavy atom. The number of nitrogens with two attached hydrogens (primary N) is 1. The van der Waals surface area contributed by atoms with E-state index in [2.05, 4.69) is 10.3 Å². The number of imidazole rings is 1. The summed E-state index contributed by atoms with van der Waals surface area (Å²) >= 11 is 0. The van der Waals surface area contributed by atoms with Crippen LogP contribution in [-0.4, -0.2) is 28.6 Å². The van der Waals surface area contributed by atoms with Crippen LogP contribution in [-0.2, 0) is 13.1 Å². The fourth-order valence-corrected chi connectivity index (χ4v) is 1.93. The van der Waals surface area contributed by atoms with Gasteiger partial charge in [0.25, 0.3) is 5.91 Å². The molecule has 0 saturated carbocycles. The second-order valence-electron chi connectivity index (χ2n) is 4.55. The molecule has 0 aliphatic rings. The van der Waals surface area contributed by atoms with E-state index in [0.29, 0.717) is 31.9 Å². The second-order valence-corrected chi connectivity index (χ2v) is 4.55. The number of amides is 1. The van der Waals surface area contributed by atoms with Crippen LogP contribution < -0.4 is 15.8 Å². The zero-order valence-electron chi connectivity index (χ0n) is 12.1. The number of carbonyl (C=O) groups excluding carboxylic acids is 1. The smallest absolute Gasteiger partial charge is 0.271 e. The molecule has 0 spiro atoms. The maximum absolute atomic E-state index is 12.0. The first-order valence-electron chi connectivity index (χ1n) is 6.94. The largest absolute Gasteiger partial charge is 0.494 e. The molecule has 6 heteroatoms. The van der Waals surface area contributed by atoms with Crippen molar-refractivity contribution in [3.63, 3.8) is 0 Å². The van der Waals surface area contributed by atoms with Gasteiger partial charge in [-0.25, -0.2) is 4.98 Å². The fourth-order valence-electron chi connectivity index (χ4n) is 1.93. The molecule has 0 unspecified atom stereocenters. The normalized spacial score (nSPS) is 10.4. The van der Waals surface area contributed by atoms with Crippen molar-refractivity contribution in [2.45, 2.75) is 20.0 Å². The Kier molecular flexibility index (Phi) is 5.34. The van der Waals surface area contributed by atoms with Crippen molar-refractivity contribution in [3.05, 3.63) is 48.0 Å². The monoisotopic (exact) mass is 288 g/mol. The van der Waals surface area contributed by atoms with Crippen LogP contribution in [0.25, 0.3) is 0 Å². The number of hydrogen-bond donors (Lipinski definition) is 2. The predicted molar refractivity (Wildman–Crippen MR) is 80.1 cm³/mol. The van der Waals surface area contributed by atoms with Gasteiger partial charge in [0.2, 0.25) is 0 Å². The number of nitrogens with one attached hydrogen (secondary N) is 1. The Bertz CT molecular complexity index is 595. The highest BCUT2D eigenvalue weighted by molar-refractivity contribution is 5.91. The molecule has 1 amide bonds. The maximum atomic E-state index is 12.0. The molecule has 112 valence electrons. The van der Waals surface area contributed by atoms with E-state index in [-0.39, 0.29) is 5.91 Å². The van der Waals surface area contributed by atoms with Crippen molar-refractivity contribution in [1.29, 1.82) is 0 Å². The van der Waals surface area contributed by atoms with Crippen molar-refractivity contribution < 1.29 is 9.53 Å². The summed E-state index contributed by atoms with van der Waals surface area (Å²) in [6.07, 6.45) is 3.30. The lowest BCUT2D eigenvalue weighted by atomic mass is 10.2. The summed E-state index contributed by atoms with van der Waals surface area (Å²) in [6, 6.07) is 7.65. The average Bonchev–Trinajstić information content (AvgIpc) is 2.95. The van der Waals surface area contributed by atoms with Gasteiger partial charge in [-0.1, -0.05) is 12.1 Å². The first-order chi connectivity index (χ1) is 10.2. The van der Waals surface area contributed by atoms with Gasteiger partial charge in [-0.15, -0.1) is 0 Å². The third-order valence-electron chi connectivity index (χ3n) is 2.92. The number of benzene rings is 1. The lowest BCUT2D eigenvalue weighted by molar-refractivity contribution is 0.0946. The zero-order valence-corrected chi connectivity index (χ0v) is 12.1. The van der Waals surface area contributed by atoms with Gasteiger partial charge in [-0.3, -0.25) is 4.79 Å². The predicted octanol–water partition coefficient (Wildman–Crippen LogP) is 1.17. The molecule has 21 heavy (non-hydrogen) atoms. The van der Waals surface area contributed by atoms with Crippen LogP contribution >= 0.6 is 0 Å². The quantitative estimate of drug-likeness (QED) is 0.801. The molecule has 0 radical (unpaired) electrons. The Morgan fingerprint density at radius 1 is 1.48 bits per heavy atom. The van der Waals surface area contributed by atoms with Gasteiger partial charge in [-0.05, 0) is 24.6 Å². The summed E-state index contributed by atoms with van der Waals surface area (Å²) in [5.74, 6) is 0.601. The first kappa shape index (κ1) is 15.1. The minimum Gasteiger partial charge on any atom is -0.494 e. The van der Waals surface area contributed by atoms with Crippen LogP contribution in [0.5, 0.6) is 5.75 Å². The van der Waals surface area contributed by atoms with Crippen LogP contribution in [0.1, 0.15) is 23.0 Å². The number of nitrogens with zero attached hydrogens (tertiary/aromatic N) is 2. The summed E-state index contributed by atoms with van der Waals surface area (Å²) in [5, 5.41) is 2.84. The van der Waals surface area contributed by atoms with Gasteiger partial charge >= 0.3 is 0 Å². The van der Waals surface area contributed by atoms with Crippen molar-refractivity contribution in [3.8, 4) is 5.75 Å². The van der Waals surface area contributed by atoms with E-state index in [1.165, 1.54) is 0 Å². The van der Waals surface area contributed by atoms with E-state index in [9.17, 15) is 4.79 Å². The fraction of sp³-hybridized carbons (Fsp3) is 0.333. The molecule has 1 aromatic carbocycles. The average molecular weight is 288 g/mol. The molecular weight excluding hydrogens is 268 g/mol. The Hall–Kier alpha value is -2.34. The second kappa shape index (κ2) is 7.44. The van der Waals surface area contributed by atoms with Gasteiger partial charge in [0.15, 0.2) is 0 Å². The lowest BCUT2D eigenvalue weighted by Crippen LogP contribution is -2.23. The van der Waals surface area contributed by atoms with Crippen LogP contribution in [0.4, 0.5) is 0 Å². The van der Waals surface area contributed by atoms with E-state index in [4.69, 9.17) is 10.5 Å². The highest BCUT2D eigenvalue weighted by atomic mass is 16.5. The standard InChI is InChI=1S/C15H20N4O2/c1-2-21-13-5-3-4-12(8-13)9-17-15(20)14-10-19(7-6-16)11-18-14/h3-5,8,10-11H,2,6-7,9,16H2,1H3,(H,17,20). The van der Waals surface area contributed by atoms with Gasteiger partial charge in [-0.2, -0.15) is 0 Å². The molecular formula is C15H20N4O2. The van der Waals surface area contributed by atoms with Crippen molar-refractivity contribution >= 4 is 5.91 Å². The first-order valence-corrected chi connectivity index (χ1v) is 6.94. The molecule has 0 atom stereocenters. The lowest BCUT2D eigenvalue weighted by Gasteiger charge is -2.07. The topological polar surface area (TPSA) is 82.2 Å². The molecule has 0 bridgehead atoms. The Labute approximate surface area is 123 Å². The van der Waals surface area contributed by atoms with Crippen molar-refractivity contribution in [1.82, 2.24) is 14.9 Å². The molecule has 2 rings (SSSR count). The summed E-state index contributed by atoms with van der Waals surface area (Å²) in [4.78, 5) is 16.1. The van der Waals surface area contributed by atoms with E-state index in [0.717, 1.165) is 11.3 Å². The minimum absolute atomic E-state index is 0.201. The number of aromatic nitrogens is 2. The molecule has 2 aromatic rings. The number of hydrogen-bond acceptors (Lipinski definition) is 4. The van der Waals surface area contributed by atoms with E-state index in [1.807, 2.05) is 31.2 Å². The molecule has 0 aliphatic carbocycles. The molecule has 3 N–H and O–H groups in total. The van der Waals surface area contributed by atoms with Crippen molar-refractivity contribution in [2.75, 3.05) is 13.2 Å². The molecule has 0 saturated heterocycles. The van der Waals surface area contributed by atoms with Gasteiger partial charge in [0, 0.05) is 25.8 Å². The van der Waals surface area contributed by atoms with Crippen LogP contribution in [0, 0.1) is 0 Å². The zero-order chi connectivity index (χ0) is 15.1. The number of ether oxygens (including phenoxy) is 1. The summed E-state index contributed by atoms with van der Waals surface area (Å²) in [6.45, 7) is 4.16. The number of rotatable bonds is 7. The van der Waals surface area contributed by atoms with Gasteiger partial charge < -0.3 is 20.4 Å². The molecule has 0 fully saturated rings. The highest BCUT2D eigenvalue weighted by Gasteiger charge is 2.09. The third-order valence-corrected chi connectivity index (χ3v) is 2.92. The SMILES string of the molecule is CCOc1cccc(CNC(=O)c2cn(CCN)cn2)c1. The van der Waals surface area contributed by atoms with Crippen LogP contribution in [0.2, 0.25) is 0 Å². The Morgan fingerprint density at radius 3 is 3.10 bits per heavy atom.